The van der Waals surface area contributed by atoms with Crippen molar-refractivity contribution in [3.05, 3.63) is 42.4 Å². The molecule has 0 amide bonds. The molecule has 16 heavy (non-hydrogen) atoms. The molecule has 0 saturated heterocycles. The molecule has 0 fully saturated rings. The molecule has 4 nitrogen and oxygen atoms in total. The van der Waals surface area contributed by atoms with Crippen molar-refractivity contribution in [1.29, 1.82) is 0 Å². The summed E-state index contributed by atoms with van der Waals surface area (Å²) in [5, 5.41) is 0. The molecule has 4 heteroatoms. The standard InChI is InChI=1S/C12H10N2O2/c1-9-6-14-12(7-13-9)10-3-2-4-11(5-10)16-8-15/h2-8H,1H3. The van der Waals surface area contributed by atoms with Crippen molar-refractivity contribution in [3.63, 3.8) is 0 Å². The number of carbonyl (C=O) groups is 1. The smallest absolute Gasteiger partial charge is 0.298 e. The molecular weight excluding hydrogens is 204 g/mol. The van der Waals surface area contributed by atoms with Crippen molar-refractivity contribution in [1.82, 2.24) is 9.97 Å². The maximum atomic E-state index is 10.2. The third-order valence-corrected chi connectivity index (χ3v) is 2.09. The fourth-order valence-electron chi connectivity index (χ4n) is 1.33. The Hall–Kier alpha value is -2.23. The van der Waals surface area contributed by atoms with E-state index in [1.54, 1.807) is 30.6 Å². The predicted octanol–water partition coefficient (Wildman–Crippen LogP) is 1.99. The van der Waals surface area contributed by atoms with Crippen molar-refractivity contribution in [2.45, 2.75) is 6.92 Å². The molecule has 0 bridgehead atoms. The van der Waals surface area contributed by atoms with Crippen LogP contribution in [0.2, 0.25) is 0 Å². The Morgan fingerprint density at radius 2 is 2.12 bits per heavy atom. The highest BCUT2D eigenvalue weighted by atomic mass is 16.5. The topological polar surface area (TPSA) is 52.1 Å². The number of hydrogen-bond acceptors (Lipinski definition) is 4. The van der Waals surface area contributed by atoms with E-state index in [1.165, 1.54) is 0 Å². The van der Waals surface area contributed by atoms with Gasteiger partial charge >= 0.3 is 0 Å². The van der Waals surface area contributed by atoms with Crippen LogP contribution in [0.5, 0.6) is 5.75 Å². The van der Waals surface area contributed by atoms with Gasteiger partial charge in [0.15, 0.2) is 0 Å². The molecular formula is C12H10N2O2. The highest BCUT2D eigenvalue weighted by Gasteiger charge is 2.01. The van der Waals surface area contributed by atoms with Crippen LogP contribution < -0.4 is 4.74 Å². The van der Waals surface area contributed by atoms with E-state index >= 15 is 0 Å². The number of rotatable bonds is 3. The molecule has 0 spiro atoms. The zero-order valence-corrected chi connectivity index (χ0v) is 8.75. The number of ether oxygens (including phenoxy) is 1. The minimum atomic E-state index is 0.403. The van der Waals surface area contributed by atoms with Gasteiger partial charge in [-0.1, -0.05) is 12.1 Å². The van der Waals surface area contributed by atoms with Gasteiger partial charge in [-0.05, 0) is 19.1 Å². The average Bonchev–Trinajstić information content (AvgIpc) is 2.31. The van der Waals surface area contributed by atoms with Crippen LogP contribution in [0.3, 0.4) is 0 Å². The van der Waals surface area contributed by atoms with E-state index in [0.29, 0.717) is 12.2 Å². The van der Waals surface area contributed by atoms with Gasteiger partial charge in [0.2, 0.25) is 0 Å². The molecule has 1 aromatic heterocycles. The zero-order chi connectivity index (χ0) is 11.4. The van der Waals surface area contributed by atoms with Crippen LogP contribution in [-0.2, 0) is 4.79 Å². The van der Waals surface area contributed by atoms with Gasteiger partial charge in [-0.2, -0.15) is 0 Å². The van der Waals surface area contributed by atoms with Crippen molar-refractivity contribution in [2.24, 2.45) is 0 Å². The van der Waals surface area contributed by atoms with Crippen LogP contribution in [0, 0.1) is 6.92 Å². The normalized spacial score (nSPS) is 9.81. The van der Waals surface area contributed by atoms with Gasteiger partial charge in [-0.25, -0.2) is 0 Å². The summed E-state index contributed by atoms with van der Waals surface area (Å²) < 4.78 is 4.76. The lowest BCUT2D eigenvalue weighted by Crippen LogP contribution is -1.91. The Labute approximate surface area is 92.9 Å². The first-order valence-corrected chi connectivity index (χ1v) is 4.79. The third kappa shape index (κ3) is 2.23. The van der Waals surface area contributed by atoms with Gasteiger partial charge in [-0.15, -0.1) is 0 Å². The maximum absolute atomic E-state index is 10.2. The molecule has 80 valence electrons. The van der Waals surface area contributed by atoms with Gasteiger partial charge in [-0.3, -0.25) is 14.8 Å². The van der Waals surface area contributed by atoms with Crippen molar-refractivity contribution >= 4 is 6.47 Å². The molecule has 0 aliphatic heterocycles. The van der Waals surface area contributed by atoms with E-state index in [4.69, 9.17) is 4.74 Å². The lowest BCUT2D eigenvalue weighted by molar-refractivity contribution is -0.120. The predicted molar refractivity (Wildman–Crippen MR) is 58.9 cm³/mol. The molecule has 0 unspecified atom stereocenters. The number of benzene rings is 1. The molecule has 0 saturated carbocycles. The van der Waals surface area contributed by atoms with Crippen molar-refractivity contribution in [2.75, 3.05) is 0 Å². The van der Waals surface area contributed by atoms with Crippen LogP contribution in [0.4, 0.5) is 0 Å². The minimum absolute atomic E-state index is 0.403. The molecule has 0 aliphatic rings. The molecule has 0 atom stereocenters. The van der Waals surface area contributed by atoms with Crippen molar-refractivity contribution in [3.8, 4) is 17.0 Å². The first-order valence-electron chi connectivity index (χ1n) is 4.79. The van der Waals surface area contributed by atoms with E-state index in [9.17, 15) is 4.79 Å². The second kappa shape index (κ2) is 4.53. The van der Waals surface area contributed by atoms with Gasteiger partial charge in [0, 0.05) is 11.8 Å². The summed E-state index contributed by atoms with van der Waals surface area (Å²) in [4.78, 5) is 18.6. The molecule has 0 aliphatic carbocycles. The van der Waals surface area contributed by atoms with Gasteiger partial charge in [0.1, 0.15) is 5.75 Å². The minimum Gasteiger partial charge on any atom is -0.429 e. The summed E-state index contributed by atoms with van der Waals surface area (Å²) in [5.74, 6) is 0.495. The van der Waals surface area contributed by atoms with E-state index in [2.05, 4.69) is 9.97 Å². The molecule has 2 rings (SSSR count). The monoisotopic (exact) mass is 214 g/mol. The fraction of sp³-hybridized carbons (Fsp3) is 0.0833. The van der Waals surface area contributed by atoms with Gasteiger partial charge in [0.25, 0.3) is 6.47 Å². The average molecular weight is 214 g/mol. The molecule has 0 N–H and O–H groups in total. The number of hydrogen-bond donors (Lipinski definition) is 0. The summed E-state index contributed by atoms with van der Waals surface area (Å²) >= 11 is 0. The summed E-state index contributed by atoms with van der Waals surface area (Å²) in [6, 6.07) is 7.14. The van der Waals surface area contributed by atoms with Crippen LogP contribution in [0.15, 0.2) is 36.7 Å². The SMILES string of the molecule is Cc1cnc(-c2cccc(OC=O)c2)cn1. The summed E-state index contributed by atoms with van der Waals surface area (Å²) in [6.45, 7) is 2.28. The number of nitrogens with zero attached hydrogens (tertiary/aromatic N) is 2. The van der Waals surface area contributed by atoms with E-state index in [1.807, 2.05) is 13.0 Å². The summed E-state index contributed by atoms with van der Waals surface area (Å²) in [7, 11) is 0. The molecule has 1 heterocycles. The molecule has 2 aromatic rings. The molecule has 1 aromatic carbocycles. The third-order valence-electron chi connectivity index (χ3n) is 2.09. The lowest BCUT2D eigenvalue weighted by atomic mass is 10.1. The molecule has 0 radical (unpaired) electrons. The first kappa shape index (κ1) is 10.3. The second-order valence-corrected chi connectivity index (χ2v) is 3.28. The Balaban J connectivity index is 2.36. The number of aryl methyl sites for hydroxylation is 1. The Kier molecular flexibility index (Phi) is 2.91. The van der Waals surface area contributed by atoms with Crippen LogP contribution >= 0.6 is 0 Å². The maximum Gasteiger partial charge on any atom is 0.298 e. The highest BCUT2D eigenvalue weighted by molar-refractivity contribution is 5.61. The van der Waals surface area contributed by atoms with E-state index in [-0.39, 0.29) is 0 Å². The highest BCUT2D eigenvalue weighted by Crippen LogP contribution is 2.21. The number of carbonyl (C=O) groups excluding carboxylic acids is 1. The Morgan fingerprint density at radius 3 is 2.81 bits per heavy atom. The first-order chi connectivity index (χ1) is 7.79. The van der Waals surface area contributed by atoms with Crippen LogP contribution in [0.1, 0.15) is 5.69 Å². The fourth-order valence-corrected chi connectivity index (χ4v) is 1.33. The largest absolute Gasteiger partial charge is 0.429 e. The number of aromatic nitrogens is 2. The van der Waals surface area contributed by atoms with Crippen LogP contribution in [0.25, 0.3) is 11.3 Å². The summed E-state index contributed by atoms with van der Waals surface area (Å²) in [5.41, 5.74) is 2.48. The zero-order valence-electron chi connectivity index (χ0n) is 8.75. The second-order valence-electron chi connectivity index (χ2n) is 3.28. The van der Waals surface area contributed by atoms with E-state index < -0.39 is 0 Å². The lowest BCUT2D eigenvalue weighted by Gasteiger charge is -2.02. The van der Waals surface area contributed by atoms with Crippen molar-refractivity contribution < 1.29 is 9.53 Å². The van der Waals surface area contributed by atoms with Crippen LogP contribution in [-0.4, -0.2) is 16.4 Å². The summed E-state index contributed by atoms with van der Waals surface area (Å²) in [6.07, 6.45) is 3.39. The van der Waals surface area contributed by atoms with Gasteiger partial charge < -0.3 is 4.74 Å². The Morgan fingerprint density at radius 1 is 1.25 bits per heavy atom. The quantitative estimate of drug-likeness (QED) is 0.733. The Bertz CT molecular complexity index is 495. The van der Waals surface area contributed by atoms with E-state index in [0.717, 1.165) is 17.0 Å². The van der Waals surface area contributed by atoms with Gasteiger partial charge in [0.05, 0.1) is 17.6 Å².